The van der Waals surface area contributed by atoms with E-state index < -0.39 is 0 Å². The third-order valence-corrected chi connectivity index (χ3v) is 8.42. The van der Waals surface area contributed by atoms with Crippen molar-refractivity contribution in [3.8, 4) is 11.5 Å². The number of allylic oxidation sites excluding steroid dienone is 2. The molecule has 42 heavy (non-hydrogen) atoms. The van der Waals surface area contributed by atoms with E-state index in [0.717, 1.165) is 34.7 Å². The second-order valence-corrected chi connectivity index (χ2v) is 11.0. The lowest BCUT2D eigenvalue weighted by Gasteiger charge is -2.37. The molecule has 208 valence electrons. The molecule has 0 spiro atoms. The van der Waals surface area contributed by atoms with E-state index in [2.05, 4.69) is 108 Å². The fourth-order valence-corrected chi connectivity index (χ4v) is 6.36. The van der Waals surface area contributed by atoms with Gasteiger partial charge in [0.1, 0.15) is 6.61 Å². The Morgan fingerprint density at radius 1 is 0.833 bits per heavy atom. The zero-order chi connectivity index (χ0) is 28.3. The van der Waals surface area contributed by atoms with Gasteiger partial charge in [-0.3, -0.25) is 4.99 Å². The van der Waals surface area contributed by atoms with Crippen LogP contribution in [0.3, 0.4) is 0 Å². The van der Waals surface area contributed by atoms with E-state index in [4.69, 9.17) is 14.5 Å². The Kier molecular flexibility index (Phi) is 7.19. The molecule has 4 nitrogen and oxygen atoms in total. The van der Waals surface area contributed by atoms with Crippen molar-refractivity contribution in [2.75, 3.05) is 11.9 Å². The van der Waals surface area contributed by atoms with Crippen LogP contribution in [0.2, 0.25) is 0 Å². The maximum absolute atomic E-state index is 6.24. The number of rotatable bonds is 8. The summed E-state index contributed by atoms with van der Waals surface area (Å²) in [6.07, 6.45) is 7.70. The first-order chi connectivity index (χ1) is 20.8. The molecule has 5 aromatic rings. The van der Waals surface area contributed by atoms with Gasteiger partial charge in [-0.15, -0.1) is 0 Å². The molecule has 0 saturated heterocycles. The highest BCUT2D eigenvalue weighted by Crippen LogP contribution is 2.49. The Hall–Kier alpha value is -4.83. The average Bonchev–Trinajstić information content (AvgIpc) is 3.54. The third kappa shape index (κ3) is 5.16. The van der Waals surface area contributed by atoms with Gasteiger partial charge in [0.2, 0.25) is 0 Å². The van der Waals surface area contributed by atoms with Gasteiger partial charge in [0.15, 0.2) is 11.5 Å². The number of aliphatic imine (C=N–C) groups is 1. The molecule has 1 heterocycles. The largest absolute Gasteiger partial charge is 0.490 e. The predicted molar refractivity (Wildman–Crippen MR) is 172 cm³/mol. The maximum Gasteiger partial charge on any atom is 0.161 e. The zero-order valence-corrected chi connectivity index (χ0v) is 23.7. The molecule has 1 N–H and O–H groups in total. The molecule has 0 saturated carbocycles. The van der Waals surface area contributed by atoms with E-state index in [1.165, 1.54) is 27.6 Å². The van der Waals surface area contributed by atoms with Crippen LogP contribution in [0.1, 0.15) is 47.6 Å². The maximum atomic E-state index is 6.24. The van der Waals surface area contributed by atoms with Gasteiger partial charge in [0.05, 0.1) is 18.3 Å². The van der Waals surface area contributed by atoms with Crippen molar-refractivity contribution in [2.45, 2.75) is 31.9 Å². The van der Waals surface area contributed by atoms with E-state index in [1.54, 1.807) is 0 Å². The quantitative estimate of drug-likeness (QED) is 0.155. The molecule has 1 aliphatic heterocycles. The minimum atomic E-state index is 0.285. The fourth-order valence-electron chi connectivity index (χ4n) is 6.36. The summed E-state index contributed by atoms with van der Waals surface area (Å²) in [6, 6.07) is 38.3. The van der Waals surface area contributed by atoms with Crippen LogP contribution in [0.25, 0.3) is 10.8 Å². The number of benzene rings is 5. The smallest absolute Gasteiger partial charge is 0.161 e. The number of fused-ring (bicyclic) bond motifs is 4. The number of para-hydroxylation sites is 1. The summed E-state index contributed by atoms with van der Waals surface area (Å²) < 4.78 is 12.2. The molecule has 3 atom stereocenters. The van der Waals surface area contributed by atoms with Crippen LogP contribution in [0.5, 0.6) is 11.5 Å². The minimum Gasteiger partial charge on any atom is -0.490 e. The SMILES string of the molecule is CCOc1cc(C=Nc2ccc([C@@H]3Nc4ccccc4[C@H]4C=CC[C@H]43)cc2)ccc1OCc1cccc2ccccc12. The summed E-state index contributed by atoms with van der Waals surface area (Å²) in [5.74, 6) is 2.46. The number of ether oxygens (including phenoxy) is 2. The van der Waals surface area contributed by atoms with Gasteiger partial charge in [-0.1, -0.05) is 84.9 Å². The predicted octanol–water partition coefficient (Wildman–Crippen LogP) is 9.39. The van der Waals surface area contributed by atoms with Crippen LogP contribution in [0.15, 0.2) is 126 Å². The first kappa shape index (κ1) is 26.1. The van der Waals surface area contributed by atoms with Crippen LogP contribution >= 0.6 is 0 Å². The number of hydrogen-bond donors (Lipinski definition) is 1. The van der Waals surface area contributed by atoms with Gasteiger partial charge in [-0.05, 0) is 88.7 Å². The average molecular weight is 551 g/mol. The second kappa shape index (κ2) is 11.6. The molecule has 4 heteroatoms. The van der Waals surface area contributed by atoms with E-state index in [9.17, 15) is 0 Å². The molecule has 5 aromatic carbocycles. The van der Waals surface area contributed by atoms with Gasteiger partial charge >= 0.3 is 0 Å². The summed E-state index contributed by atoms with van der Waals surface area (Å²) in [7, 11) is 0. The van der Waals surface area contributed by atoms with Crippen molar-refractivity contribution in [3.63, 3.8) is 0 Å². The number of nitrogens with zero attached hydrogens (tertiary/aromatic N) is 1. The fraction of sp³-hybridized carbons (Fsp3) is 0.184. The van der Waals surface area contributed by atoms with Crippen LogP contribution in [-0.2, 0) is 6.61 Å². The summed E-state index contributed by atoms with van der Waals surface area (Å²) in [4.78, 5) is 4.77. The highest BCUT2D eigenvalue weighted by Gasteiger charge is 2.37. The van der Waals surface area contributed by atoms with E-state index in [1.807, 2.05) is 31.3 Å². The van der Waals surface area contributed by atoms with Gasteiger partial charge in [0.25, 0.3) is 0 Å². The molecule has 1 aliphatic carbocycles. The highest BCUT2D eigenvalue weighted by molar-refractivity contribution is 5.85. The van der Waals surface area contributed by atoms with Crippen molar-refractivity contribution in [1.82, 2.24) is 0 Å². The minimum absolute atomic E-state index is 0.285. The third-order valence-electron chi connectivity index (χ3n) is 8.42. The zero-order valence-electron chi connectivity index (χ0n) is 23.7. The number of hydrogen-bond acceptors (Lipinski definition) is 4. The Morgan fingerprint density at radius 2 is 1.67 bits per heavy atom. The van der Waals surface area contributed by atoms with Gasteiger partial charge in [-0.2, -0.15) is 0 Å². The summed E-state index contributed by atoms with van der Waals surface area (Å²) in [6.45, 7) is 3.02. The van der Waals surface area contributed by atoms with Crippen molar-refractivity contribution >= 4 is 28.4 Å². The normalized spacial score (nSPS) is 18.9. The number of anilines is 1. The van der Waals surface area contributed by atoms with Crippen molar-refractivity contribution < 1.29 is 9.47 Å². The standard InChI is InChI=1S/C38H34N2O2/c1-2-41-37-23-26(17-22-36(37)42-25-29-11-7-10-27-9-3-4-12-31(27)29)24-39-30-20-18-28(19-21-30)38-34-15-8-14-32(34)33-13-5-6-16-35(33)40-38/h3-14,16-24,32,34,38,40H,2,15,25H2,1H3/t32-,34-,38+/m1/s1. The molecule has 2 aliphatic rings. The molecule has 0 amide bonds. The molecular formula is C38H34N2O2. The Balaban J connectivity index is 1.06. The lowest BCUT2D eigenvalue weighted by Crippen LogP contribution is -2.28. The van der Waals surface area contributed by atoms with E-state index in [0.29, 0.717) is 25.0 Å². The monoisotopic (exact) mass is 550 g/mol. The van der Waals surface area contributed by atoms with Crippen LogP contribution in [0, 0.1) is 5.92 Å². The first-order valence-corrected chi connectivity index (χ1v) is 14.8. The summed E-state index contributed by atoms with van der Waals surface area (Å²) in [5, 5.41) is 6.23. The summed E-state index contributed by atoms with van der Waals surface area (Å²) in [5.41, 5.74) is 6.98. The molecule has 0 bridgehead atoms. The van der Waals surface area contributed by atoms with Crippen LogP contribution in [0.4, 0.5) is 11.4 Å². The van der Waals surface area contributed by atoms with Crippen molar-refractivity contribution in [2.24, 2.45) is 10.9 Å². The Labute approximate surface area is 247 Å². The second-order valence-electron chi connectivity index (χ2n) is 11.0. The van der Waals surface area contributed by atoms with Gasteiger partial charge in [-0.25, -0.2) is 0 Å². The summed E-state index contributed by atoms with van der Waals surface area (Å²) >= 11 is 0. The Morgan fingerprint density at radius 3 is 2.57 bits per heavy atom. The number of nitrogens with one attached hydrogen (secondary N) is 1. The first-order valence-electron chi connectivity index (χ1n) is 14.8. The van der Waals surface area contributed by atoms with Crippen molar-refractivity contribution in [3.05, 3.63) is 144 Å². The lowest BCUT2D eigenvalue weighted by molar-refractivity contribution is 0.270. The van der Waals surface area contributed by atoms with E-state index >= 15 is 0 Å². The molecule has 0 unspecified atom stereocenters. The molecule has 0 aromatic heterocycles. The molecule has 0 radical (unpaired) electrons. The lowest BCUT2D eigenvalue weighted by atomic mass is 9.77. The molecular weight excluding hydrogens is 516 g/mol. The topological polar surface area (TPSA) is 42.8 Å². The van der Waals surface area contributed by atoms with Crippen molar-refractivity contribution in [1.29, 1.82) is 0 Å². The van der Waals surface area contributed by atoms with Crippen LogP contribution < -0.4 is 14.8 Å². The molecule has 0 fully saturated rings. The van der Waals surface area contributed by atoms with E-state index in [-0.39, 0.29) is 6.04 Å². The Bertz CT molecular complexity index is 1770. The molecule has 7 rings (SSSR count). The van der Waals surface area contributed by atoms with Crippen LogP contribution in [-0.4, -0.2) is 12.8 Å². The van der Waals surface area contributed by atoms with Gasteiger partial charge in [0, 0.05) is 17.8 Å². The van der Waals surface area contributed by atoms with Gasteiger partial charge < -0.3 is 14.8 Å². The highest BCUT2D eigenvalue weighted by atomic mass is 16.5.